The van der Waals surface area contributed by atoms with Gasteiger partial charge in [-0.2, -0.15) is 0 Å². The topological polar surface area (TPSA) is 0 Å². The Balaban J connectivity index is 0.000000960. The predicted molar refractivity (Wildman–Crippen MR) is 89.6 cm³/mol. The van der Waals surface area contributed by atoms with Crippen LogP contribution in [0.25, 0.3) is 11.1 Å². The monoisotopic (exact) mass is 432 g/mol. The number of fused-ring (bicyclic) bond motifs is 3. The molecule has 0 amide bonds. The number of allylic oxidation sites excluding steroid dienone is 4. The van der Waals surface area contributed by atoms with Crippen LogP contribution in [0, 0.1) is 19.8 Å². The number of aryl methyl sites for hydroxylation is 1. The summed E-state index contributed by atoms with van der Waals surface area (Å²) in [5.74, 6) is 0.574. The van der Waals surface area contributed by atoms with E-state index >= 15 is 0 Å². The molecule has 0 saturated carbocycles. The van der Waals surface area contributed by atoms with Crippen LogP contribution in [-0.4, -0.2) is 0 Å². The van der Waals surface area contributed by atoms with Gasteiger partial charge in [0.1, 0.15) is 0 Å². The van der Waals surface area contributed by atoms with Gasteiger partial charge in [-0.05, 0) is 71.6 Å². The summed E-state index contributed by atoms with van der Waals surface area (Å²) in [6.45, 7) is 4.58. The zero-order chi connectivity index (χ0) is 14.4. The third kappa shape index (κ3) is 3.64. The molecule has 0 bridgehead atoms. The van der Waals surface area contributed by atoms with Crippen molar-refractivity contribution in [3.63, 3.8) is 0 Å². The van der Waals surface area contributed by atoms with Crippen LogP contribution in [0.5, 0.6) is 0 Å². The minimum Gasteiger partial charge on any atom is -1.00 e. The molecule has 2 aromatic rings. The molecule has 0 nitrogen and oxygen atoms in total. The molecule has 4 rings (SSSR count). The quantitative estimate of drug-likeness (QED) is 0.494. The van der Waals surface area contributed by atoms with E-state index in [1.54, 1.807) is 5.56 Å². The van der Waals surface area contributed by atoms with Crippen LogP contribution in [-0.2, 0) is 39.0 Å². The Hall–Kier alpha value is -0.617. The van der Waals surface area contributed by atoms with Gasteiger partial charge >= 0.3 is 26.2 Å². The molecular formula is C21H20Cl2Zr. The number of benzene rings is 2. The van der Waals surface area contributed by atoms with Crippen LogP contribution in [0.15, 0.2) is 54.6 Å². The molecule has 0 spiro atoms. The van der Waals surface area contributed by atoms with E-state index in [4.69, 9.17) is 0 Å². The molecule has 0 radical (unpaired) electrons. The Morgan fingerprint density at radius 2 is 1.67 bits per heavy atom. The Kier molecular flexibility index (Phi) is 7.73. The SMILES string of the molecule is Cc1cc(CC2C=CC=C2)c(C)c2c1-c1ccccc1C2.[Cl-].[Cl-].[Zr+2]. The van der Waals surface area contributed by atoms with Gasteiger partial charge in [-0.15, -0.1) is 0 Å². The molecule has 0 aromatic heterocycles. The largest absolute Gasteiger partial charge is 2.00 e. The molecule has 0 heterocycles. The fourth-order valence-corrected chi connectivity index (χ4v) is 3.85. The van der Waals surface area contributed by atoms with Crippen molar-refractivity contribution in [2.24, 2.45) is 5.92 Å². The van der Waals surface area contributed by atoms with Crippen molar-refractivity contribution in [1.82, 2.24) is 0 Å². The van der Waals surface area contributed by atoms with Gasteiger partial charge in [0, 0.05) is 0 Å². The van der Waals surface area contributed by atoms with Gasteiger partial charge in [0.25, 0.3) is 0 Å². The van der Waals surface area contributed by atoms with Crippen LogP contribution in [0.4, 0.5) is 0 Å². The van der Waals surface area contributed by atoms with E-state index in [9.17, 15) is 0 Å². The first-order valence-corrected chi connectivity index (χ1v) is 7.79. The average Bonchev–Trinajstić information content (AvgIpc) is 3.11. The van der Waals surface area contributed by atoms with Gasteiger partial charge in [-0.3, -0.25) is 0 Å². The van der Waals surface area contributed by atoms with Crippen LogP contribution in [0.2, 0.25) is 0 Å². The predicted octanol–water partition coefficient (Wildman–Crippen LogP) is -0.835. The van der Waals surface area contributed by atoms with Crippen molar-refractivity contribution >= 4 is 0 Å². The molecule has 2 aliphatic carbocycles. The van der Waals surface area contributed by atoms with Gasteiger partial charge in [0.2, 0.25) is 0 Å². The summed E-state index contributed by atoms with van der Waals surface area (Å²) in [4.78, 5) is 0. The second-order valence-corrected chi connectivity index (χ2v) is 6.30. The molecular weight excluding hydrogens is 414 g/mol. The molecule has 2 aliphatic rings. The Morgan fingerprint density at radius 3 is 2.38 bits per heavy atom. The normalized spacial score (nSPS) is 13.6. The molecule has 122 valence electrons. The Bertz CT molecular complexity index is 779. The summed E-state index contributed by atoms with van der Waals surface area (Å²) in [5.41, 5.74) is 10.4. The maximum absolute atomic E-state index is 2.41. The fourth-order valence-electron chi connectivity index (χ4n) is 3.85. The summed E-state index contributed by atoms with van der Waals surface area (Å²) in [5, 5.41) is 0. The van der Waals surface area contributed by atoms with Crippen LogP contribution >= 0.6 is 0 Å². The van der Waals surface area contributed by atoms with E-state index in [0.29, 0.717) is 5.92 Å². The van der Waals surface area contributed by atoms with Crippen molar-refractivity contribution in [3.8, 4) is 11.1 Å². The standard InChI is InChI=1S/C21H20.2ClH.Zr/c1-14-11-18(12-16-7-3-4-8-16)15(2)20-13-17-9-5-6-10-19(17)21(14)20;;;/h3-11,16H,12-13H2,1-2H3;2*1H;/q;;;+2/p-2. The first kappa shape index (κ1) is 21.4. The minimum absolute atomic E-state index is 0. The van der Waals surface area contributed by atoms with E-state index in [1.807, 2.05) is 0 Å². The van der Waals surface area contributed by atoms with E-state index in [-0.39, 0.29) is 51.0 Å². The molecule has 24 heavy (non-hydrogen) atoms. The van der Waals surface area contributed by atoms with Crippen molar-refractivity contribution in [2.45, 2.75) is 26.7 Å². The molecule has 0 N–H and O–H groups in total. The molecule has 0 unspecified atom stereocenters. The zero-order valence-electron chi connectivity index (χ0n) is 13.9. The van der Waals surface area contributed by atoms with Crippen molar-refractivity contribution in [2.75, 3.05) is 0 Å². The van der Waals surface area contributed by atoms with Gasteiger partial charge in [-0.1, -0.05) is 54.6 Å². The van der Waals surface area contributed by atoms with Crippen LogP contribution in [0.1, 0.15) is 27.8 Å². The second-order valence-electron chi connectivity index (χ2n) is 6.30. The number of hydrogen-bond donors (Lipinski definition) is 0. The summed E-state index contributed by atoms with van der Waals surface area (Å²) in [6.07, 6.45) is 11.2. The Labute approximate surface area is 176 Å². The van der Waals surface area contributed by atoms with Gasteiger partial charge in [0.15, 0.2) is 0 Å². The average molecular weight is 435 g/mol. The van der Waals surface area contributed by atoms with E-state index in [2.05, 4.69) is 68.5 Å². The van der Waals surface area contributed by atoms with Gasteiger partial charge in [-0.25, -0.2) is 0 Å². The third-order valence-corrected chi connectivity index (χ3v) is 4.96. The maximum atomic E-state index is 2.41. The number of halogens is 2. The number of hydrogen-bond acceptors (Lipinski definition) is 0. The van der Waals surface area contributed by atoms with Crippen molar-refractivity contribution in [3.05, 3.63) is 82.5 Å². The summed E-state index contributed by atoms with van der Waals surface area (Å²) >= 11 is 0. The fraction of sp³-hybridized carbons (Fsp3) is 0.238. The summed E-state index contributed by atoms with van der Waals surface area (Å²) < 4.78 is 0. The molecule has 0 fully saturated rings. The first-order chi connectivity index (χ1) is 10.2. The molecule has 2 aromatic carbocycles. The van der Waals surface area contributed by atoms with E-state index in [1.165, 1.54) is 33.4 Å². The summed E-state index contributed by atoms with van der Waals surface area (Å²) in [7, 11) is 0. The molecule has 0 aliphatic heterocycles. The summed E-state index contributed by atoms with van der Waals surface area (Å²) in [6, 6.07) is 11.3. The molecule has 3 heteroatoms. The van der Waals surface area contributed by atoms with Crippen molar-refractivity contribution in [1.29, 1.82) is 0 Å². The zero-order valence-corrected chi connectivity index (χ0v) is 17.9. The van der Waals surface area contributed by atoms with Crippen LogP contribution < -0.4 is 24.8 Å². The third-order valence-electron chi connectivity index (χ3n) is 4.96. The number of rotatable bonds is 2. The first-order valence-electron chi connectivity index (χ1n) is 7.79. The minimum atomic E-state index is 0. The van der Waals surface area contributed by atoms with Crippen molar-refractivity contribution < 1.29 is 51.0 Å². The smallest absolute Gasteiger partial charge is 1.00 e. The van der Waals surface area contributed by atoms with Gasteiger partial charge in [0.05, 0.1) is 0 Å². The molecule has 0 saturated heterocycles. The van der Waals surface area contributed by atoms with E-state index < -0.39 is 0 Å². The molecule has 0 atom stereocenters. The van der Waals surface area contributed by atoms with Gasteiger partial charge < -0.3 is 24.8 Å². The second kappa shape index (κ2) is 8.66. The van der Waals surface area contributed by atoms with E-state index in [0.717, 1.165) is 12.8 Å². The maximum Gasteiger partial charge on any atom is 2.00 e. The Morgan fingerprint density at radius 1 is 1.00 bits per heavy atom. The van der Waals surface area contributed by atoms with Crippen LogP contribution in [0.3, 0.4) is 0 Å².